The molecule has 5 rings (SSSR count). The molecule has 0 bridgehead atoms. The third kappa shape index (κ3) is 3.53. The first-order valence-corrected chi connectivity index (χ1v) is 10.8. The number of pyridine rings is 1. The lowest BCUT2D eigenvalue weighted by molar-refractivity contribution is 0.784. The second-order valence-corrected chi connectivity index (χ2v) is 8.08. The Hall–Kier alpha value is -4.65. The summed E-state index contributed by atoms with van der Waals surface area (Å²) in [6, 6.07) is 26.8. The maximum atomic E-state index is 13.9. The lowest BCUT2D eigenvalue weighted by Gasteiger charge is -2.19. The van der Waals surface area contributed by atoms with E-state index in [1.807, 2.05) is 43.3 Å². The zero-order chi connectivity index (χ0) is 23.8. The molecule has 168 valence electrons. The molecule has 0 saturated heterocycles. The van der Waals surface area contributed by atoms with E-state index in [-0.39, 0.29) is 16.6 Å². The zero-order valence-corrected chi connectivity index (χ0v) is 18.7. The molecule has 0 atom stereocenters. The number of nitrogens with zero attached hydrogens (tertiary/aromatic N) is 3. The number of benzene rings is 3. The van der Waals surface area contributed by atoms with E-state index in [9.17, 15) is 14.4 Å². The van der Waals surface area contributed by atoms with Crippen LogP contribution in [0.2, 0.25) is 0 Å². The fourth-order valence-electron chi connectivity index (χ4n) is 4.14. The van der Waals surface area contributed by atoms with Crippen LogP contribution < -0.4 is 22.1 Å². The molecule has 0 saturated carbocycles. The van der Waals surface area contributed by atoms with Crippen LogP contribution in [0.3, 0.4) is 0 Å². The molecule has 34 heavy (non-hydrogen) atoms. The standard InChI is InChI=1S/C27H22N4O3/c1-18-10-9-11-19(16-18)28-22-17-23(32)29(2)25-24(22)26(33)31(21-14-7-4-8-15-21)27(34)30(25)20-12-5-3-6-13-20/h3-17,28H,1-2H3. The van der Waals surface area contributed by atoms with Crippen molar-refractivity contribution in [2.75, 3.05) is 5.32 Å². The van der Waals surface area contributed by atoms with Gasteiger partial charge in [-0.05, 0) is 48.9 Å². The first kappa shape index (κ1) is 21.2. The Morgan fingerprint density at radius 2 is 1.32 bits per heavy atom. The van der Waals surface area contributed by atoms with Crippen LogP contribution in [0.4, 0.5) is 11.4 Å². The van der Waals surface area contributed by atoms with Crippen LogP contribution in [0, 0.1) is 6.92 Å². The SMILES string of the molecule is Cc1cccc(Nc2cc(=O)n(C)c3c2c(=O)n(-c2ccccc2)c(=O)n3-c2ccccc2)c1. The summed E-state index contributed by atoms with van der Waals surface area (Å²) in [7, 11) is 1.56. The van der Waals surface area contributed by atoms with Gasteiger partial charge in [0.2, 0.25) is 0 Å². The number of para-hydroxylation sites is 2. The Morgan fingerprint density at radius 1 is 0.706 bits per heavy atom. The van der Waals surface area contributed by atoms with Crippen molar-refractivity contribution in [1.29, 1.82) is 0 Å². The van der Waals surface area contributed by atoms with Crippen LogP contribution in [0.5, 0.6) is 0 Å². The number of aromatic nitrogens is 3. The molecule has 0 amide bonds. The second-order valence-electron chi connectivity index (χ2n) is 8.08. The van der Waals surface area contributed by atoms with Gasteiger partial charge in [0, 0.05) is 18.8 Å². The van der Waals surface area contributed by atoms with E-state index in [2.05, 4.69) is 5.32 Å². The van der Waals surface area contributed by atoms with Gasteiger partial charge in [0.25, 0.3) is 11.1 Å². The minimum atomic E-state index is -0.558. The number of aryl methyl sites for hydroxylation is 2. The van der Waals surface area contributed by atoms with E-state index >= 15 is 0 Å². The van der Waals surface area contributed by atoms with Gasteiger partial charge in [0.05, 0.1) is 17.1 Å². The van der Waals surface area contributed by atoms with Crippen LogP contribution >= 0.6 is 0 Å². The van der Waals surface area contributed by atoms with Crippen molar-refractivity contribution in [3.63, 3.8) is 0 Å². The summed E-state index contributed by atoms with van der Waals surface area (Å²) in [6.45, 7) is 1.96. The molecule has 7 nitrogen and oxygen atoms in total. The molecule has 2 heterocycles. The molecule has 0 spiro atoms. The second kappa shape index (κ2) is 8.37. The molecule has 7 heteroatoms. The van der Waals surface area contributed by atoms with Gasteiger partial charge in [0.1, 0.15) is 11.0 Å². The number of nitrogens with one attached hydrogen (secondary N) is 1. The molecule has 0 aliphatic carbocycles. The number of hydrogen-bond acceptors (Lipinski definition) is 4. The van der Waals surface area contributed by atoms with Crippen molar-refractivity contribution >= 4 is 22.4 Å². The molecule has 1 N–H and O–H groups in total. The third-order valence-corrected chi connectivity index (χ3v) is 5.75. The Morgan fingerprint density at radius 3 is 1.94 bits per heavy atom. The summed E-state index contributed by atoms with van der Waals surface area (Å²) >= 11 is 0. The maximum absolute atomic E-state index is 13.9. The predicted molar refractivity (Wildman–Crippen MR) is 135 cm³/mol. The molecule has 0 fully saturated rings. The number of fused-ring (bicyclic) bond motifs is 1. The Labute approximate surface area is 194 Å². The van der Waals surface area contributed by atoms with Gasteiger partial charge < -0.3 is 5.32 Å². The highest BCUT2D eigenvalue weighted by molar-refractivity contribution is 5.91. The van der Waals surface area contributed by atoms with Crippen LogP contribution in [-0.4, -0.2) is 13.7 Å². The van der Waals surface area contributed by atoms with Gasteiger partial charge >= 0.3 is 5.69 Å². The zero-order valence-electron chi connectivity index (χ0n) is 18.7. The monoisotopic (exact) mass is 450 g/mol. The molecule has 0 aliphatic rings. The van der Waals surface area contributed by atoms with Gasteiger partial charge in [-0.15, -0.1) is 0 Å². The van der Waals surface area contributed by atoms with Crippen molar-refractivity contribution < 1.29 is 0 Å². The van der Waals surface area contributed by atoms with Gasteiger partial charge in [-0.3, -0.25) is 14.2 Å². The molecular weight excluding hydrogens is 428 g/mol. The predicted octanol–water partition coefficient (Wildman–Crippen LogP) is 3.89. The van der Waals surface area contributed by atoms with Gasteiger partial charge in [0.15, 0.2) is 0 Å². The molecule has 0 radical (unpaired) electrons. The van der Waals surface area contributed by atoms with E-state index in [1.165, 1.54) is 15.2 Å². The van der Waals surface area contributed by atoms with Crippen LogP contribution in [0.1, 0.15) is 5.56 Å². The highest BCUT2D eigenvalue weighted by Gasteiger charge is 2.21. The summed E-state index contributed by atoms with van der Waals surface area (Å²) in [5, 5.41) is 3.46. The summed E-state index contributed by atoms with van der Waals surface area (Å²) in [4.78, 5) is 40.6. The first-order valence-electron chi connectivity index (χ1n) is 10.8. The minimum absolute atomic E-state index is 0.219. The number of anilines is 2. The van der Waals surface area contributed by atoms with Crippen LogP contribution in [0.15, 0.2) is 105 Å². The third-order valence-electron chi connectivity index (χ3n) is 5.75. The van der Waals surface area contributed by atoms with Crippen molar-refractivity contribution in [3.8, 4) is 11.4 Å². The summed E-state index contributed by atoms with van der Waals surface area (Å²) < 4.78 is 3.88. The quantitative estimate of drug-likeness (QED) is 0.451. The fraction of sp³-hybridized carbons (Fsp3) is 0.0741. The average molecular weight is 450 g/mol. The lowest BCUT2D eigenvalue weighted by atomic mass is 10.2. The minimum Gasteiger partial charge on any atom is -0.355 e. The smallest absolute Gasteiger partial charge is 0.341 e. The van der Waals surface area contributed by atoms with Gasteiger partial charge in [-0.2, -0.15) is 0 Å². The summed E-state index contributed by atoms with van der Waals surface area (Å²) in [6.07, 6.45) is 0. The van der Waals surface area contributed by atoms with Gasteiger partial charge in [-0.1, -0.05) is 48.5 Å². The Balaban J connectivity index is 1.96. The number of hydrogen-bond donors (Lipinski definition) is 1. The maximum Gasteiger partial charge on any atom is 0.341 e. The van der Waals surface area contributed by atoms with E-state index in [1.54, 1.807) is 55.6 Å². The molecule has 3 aromatic carbocycles. The highest BCUT2D eigenvalue weighted by Crippen LogP contribution is 2.24. The van der Waals surface area contributed by atoms with Crippen molar-refractivity contribution in [2.24, 2.45) is 7.05 Å². The van der Waals surface area contributed by atoms with Crippen molar-refractivity contribution in [1.82, 2.24) is 13.7 Å². The van der Waals surface area contributed by atoms with E-state index in [0.717, 1.165) is 15.8 Å². The van der Waals surface area contributed by atoms with E-state index < -0.39 is 11.2 Å². The normalized spacial score (nSPS) is 11.0. The largest absolute Gasteiger partial charge is 0.355 e. The van der Waals surface area contributed by atoms with E-state index in [0.29, 0.717) is 17.1 Å². The molecule has 2 aromatic heterocycles. The average Bonchev–Trinajstić information content (AvgIpc) is 2.83. The van der Waals surface area contributed by atoms with Crippen molar-refractivity contribution in [2.45, 2.75) is 6.92 Å². The fourth-order valence-corrected chi connectivity index (χ4v) is 4.14. The van der Waals surface area contributed by atoms with Crippen molar-refractivity contribution in [3.05, 3.63) is 128 Å². The molecule has 0 aliphatic heterocycles. The Kier molecular flexibility index (Phi) is 5.22. The topological polar surface area (TPSA) is 78.0 Å². The highest BCUT2D eigenvalue weighted by atomic mass is 16.2. The number of rotatable bonds is 4. The van der Waals surface area contributed by atoms with Crippen LogP contribution in [-0.2, 0) is 7.05 Å². The van der Waals surface area contributed by atoms with Crippen LogP contribution in [0.25, 0.3) is 22.4 Å². The lowest BCUT2D eigenvalue weighted by Crippen LogP contribution is -2.40. The molecule has 5 aromatic rings. The summed E-state index contributed by atoms with van der Waals surface area (Å²) in [5.41, 5.74) is 1.90. The molecular formula is C27H22N4O3. The summed E-state index contributed by atoms with van der Waals surface area (Å²) in [5.74, 6) is 0. The Bertz CT molecular complexity index is 1700. The first-order chi connectivity index (χ1) is 16.5. The molecule has 0 unspecified atom stereocenters. The van der Waals surface area contributed by atoms with E-state index in [4.69, 9.17) is 0 Å². The van der Waals surface area contributed by atoms with Gasteiger partial charge in [-0.25, -0.2) is 13.9 Å².